The van der Waals surface area contributed by atoms with Crippen LogP contribution in [0.5, 0.6) is 5.75 Å². The molecular formula is C22H25ClN6O3. The molecular weight excluding hydrogens is 432 g/mol. The molecule has 1 atom stereocenters. The minimum atomic E-state index is -0.625. The number of ether oxygens (including phenoxy) is 1. The first kappa shape index (κ1) is 21.8. The molecule has 1 saturated heterocycles. The number of carbonyl (C=O) groups is 1. The van der Waals surface area contributed by atoms with Crippen LogP contribution >= 0.6 is 11.6 Å². The number of amides is 1. The number of rotatable bonds is 7. The summed E-state index contributed by atoms with van der Waals surface area (Å²) in [4.78, 5) is 14.3. The zero-order valence-corrected chi connectivity index (χ0v) is 18.3. The Bertz CT molecular complexity index is 1100. The zero-order valence-electron chi connectivity index (χ0n) is 17.6. The lowest BCUT2D eigenvalue weighted by Gasteiger charge is -2.33. The van der Waals surface area contributed by atoms with Gasteiger partial charge in [-0.2, -0.15) is 5.10 Å². The van der Waals surface area contributed by atoms with E-state index in [1.54, 1.807) is 30.3 Å². The van der Waals surface area contributed by atoms with Gasteiger partial charge in [-0.3, -0.25) is 9.89 Å². The Morgan fingerprint density at radius 1 is 1.34 bits per heavy atom. The predicted octanol–water partition coefficient (Wildman–Crippen LogP) is 3.45. The van der Waals surface area contributed by atoms with Crippen LogP contribution in [0.1, 0.15) is 22.8 Å². The fourth-order valence-corrected chi connectivity index (χ4v) is 3.92. The highest BCUT2D eigenvalue weighted by Crippen LogP contribution is 2.32. The summed E-state index contributed by atoms with van der Waals surface area (Å²) in [5, 5.41) is 23.2. The fourth-order valence-electron chi connectivity index (χ4n) is 3.62. The van der Waals surface area contributed by atoms with Gasteiger partial charge in [0.1, 0.15) is 17.1 Å². The van der Waals surface area contributed by atoms with E-state index in [4.69, 9.17) is 22.1 Å². The van der Waals surface area contributed by atoms with E-state index < -0.39 is 5.91 Å². The lowest BCUT2D eigenvalue weighted by Crippen LogP contribution is -2.41. The van der Waals surface area contributed by atoms with E-state index in [0.29, 0.717) is 35.5 Å². The summed E-state index contributed by atoms with van der Waals surface area (Å²) < 4.78 is 5.59. The van der Waals surface area contributed by atoms with E-state index in [0.717, 1.165) is 24.3 Å². The molecule has 32 heavy (non-hydrogen) atoms. The molecule has 10 heteroatoms. The van der Waals surface area contributed by atoms with Crippen molar-refractivity contribution in [3.63, 3.8) is 0 Å². The molecule has 1 aliphatic rings. The van der Waals surface area contributed by atoms with Gasteiger partial charge in [-0.25, -0.2) is 0 Å². The number of aromatic hydroxyl groups is 1. The van der Waals surface area contributed by atoms with E-state index in [1.165, 1.54) is 0 Å². The van der Waals surface area contributed by atoms with Crippen molar-refractivity contribution < 1.29 is 14.6 Å². The third-order valence-corrected chi connectivity index (χ3v) is 5.51. The average molecular weight is 457 g/mol. The molecule has 0 spiro atoms. The maximum absolute atomic E-state index is 12.1. The topological polar surface area (TPSA) is 129 Å². The second kappa shape index (κ2) is 9.37. The van der Waals surface area contributed by atoms with Crippen LogP contribution in [-0.4, -0.2) is 47.0 Å². The number of phenols is 1. The number of primary amides is 1. The SMILES string of the molecule is CC1CN(c2ccc(Nc3[nH]nc(NCc4ccc(O)cc4)c3C(N)=O)cc2Cl)CCO1. The maximum Gasteiger partial charge on any atom is 0.256 e. The predicted molar refractivity (Wildman–Crippen MR) is 125 cm³/mol. The van der Waals surface area contributed by atoms with Gasteiger partial charge in [-0.1, -0.05) is 23.7 Å². The van der Waals surface area contributed by atoms with E-state index in [1.807, 2.05) is 19.1 Å². The molecule has 1 amide bonds. The van der Waals surface area contributed by atoms with Crippen LogP contribution in [0.25, 0.3) is 0 Å². The van der Waals surface area contributed by atoms with Gasteiger partial charge in [0.05, 0.1) is 23.4 Å². The molecule has 0 saturated carbocycles. The molecule has 168 valence electrons. The number of H-pyrrole nitrogens is 1. The number of carbonyl (C=O) groups excluding carboxylic acids is 1. The summed E-state index contributed by atoms with van der Waals surface area (Å²) in [6.45, 7) is 4.65. The lowest BCUT2D eigenvalue weighted by atomic mass is 10.2. The fraction of sp³-hybridized carbons (Fsp3) is 0.273. The van der Waals surface area contributed by atoms with Crippen molar-refractivity contribution in [3.05, 3.63) is 58.6 Å². The molecule has 1 aromatic heterocycles. The first-order valence-electron chi connectivity index (χ1n) is 10.2. The summed E-state index contributed by atoms with van der Waals surface area (Å²) in [5.41, 5.74) is 8.36. The average Bonchev–Trinajstić information content (AvgIpc) is 3.16. The Balaban J connectivity index is 1.49. The largest absolute Gasteiger partial charge is 0.508 e. The van der Waals surface area contributed by atoms with Crippen LogP contribution in [-0.2, 0) is 11.3 Å². The van der Waals surface area contributed by atoms with Gasteiger partial charge in [-0.05, 0) is 42.8 Å². The molecule has 0 aliphatic carbocycles. The number of phenolic OH excluding ortho intramolecular Hbond substituents is 1. The van der Waals surface area contributed by atoms with Gasteiger partial charge in [-0.15, -0.1) is 0 Å². The molecule has 9 nitrogen and oxygen atoms in total. The Morgan fingerprint density at radius 2 is 2.12 bits per heavy atom. The molecule has 4 rings (SSSR count). The summed E-state index contributed by atoms with van der Waals surface area (Å²) >= 11 is 6.54. The van der Waals surface area contributed by atoms with E-state index in [9.17, 15) is 9.90 Å². The summed E-state index contributed by atoms with van der Waals surface area (Å²) in [5.74, 6) is 0.262. The Morgan fingerprint density at radius 3 is 2.81 bits per heavy atom. The normalized spacial score (nSPS) is 16.1. The number of nitrogens with one attached hydrogen (secondary N) is 3. The number of hydrogen-bond acceptors (Lipinski definition) is 7. The molecule has 6 N–H and O–H groups in total. The number of halogens is 1. The number of hydrogen-bond donors (Lipinski definition) is 5. The first-order chi connectivity index (χ1) is 15.4. The van der Waals surface area contributed by atoms with Crippen LogP contribution in [0.4, 0.5) is 23.0 Å². The van der Waals surface area contributed by atoms with Crippen molar-refractivity contribution in [3.8, 4) is 5.75 Å². The van der Waals surface area contributed by atoms with E-state index in [-0.39, 0.29) is 17.4 Å². The second-order valence-corrected chi connectivity index (χ2v) is 8.03. The lowest BCUT2D eigenvalue weighted by molar-refractivity contribution is 0.0532. The van der Waals surface area contributed by atoms with Gasteiger partial charge in [0.15, 0.2) is 5.82 Å². The molecule has 1 aliphatic heterocycles. The minimum Gasteiger partial charge on any atom is -0.508 e. The van der Waals surface area contributed by atoms with Crippen molar-refractivity contribution >= 4 is 40.5 Å². The van der Waals surface area contributed by atoms with Crippen molar-refractivity contribution in [2.75, 3.05) is 35.2 Å². The highest BCUT2D eigenvalue weighted by atomic mass is 35.5. The number of anilines is 4. The Labute approximate surface area is 190 Å². The molecule has 1 fully saturated rings. The van der Waals surface area contributed by atoms with Crippen LogP contribution in [0, 0.1) is 0 Å². The Kier molecular flexibility index (Phi) is 6.38. The minimum absolute atomic E-state index is 0.147. The van der Waals surface area contributed by atoms with Crippen LogP contribution in [0.15, 0.2) is 42.5 Å². The quantitative estimate of drug-likeness (QED) is 0.368. The number of nitrogens with zero attached hydrogens (tertiary/aromatic N) is 2. The van der Waals surface area contributed by atoms with Gasteiger partial charge in [0.25, 0.3) is 5.91 Å². The smallest absolute Gasteiger partial charge is 0.256 e. The van der Waals surface area contributed by atoms with Crippen molar-refractivity contribution in [1.82, 2.24) is 10.2 Å². The first-order valence-corrected chi connectivity index (χ1v) is 10.6. The standard InChI is InChI=1S/C22H25ClN6O3/c1-13-12-29(8-9-32-13)18-7-4-15(10-17(18)23)26-22-19(20(24)31)21(27-28-22)25-11-14-2-5-16(30)6-3-14/h2-7,10,13,30H,8-9,11-12H2,1H3,(H2,24,31)(H3,25,26,27,28). The highest BCUT2D eigenvalue weighted by Gasteiger charge is 2.21. The summed E-state index contributed by atoms with van der Waals surface area (Å²) in [6, 6.07) is 12.4. The van der Waals surface area contributed by atoms with Gasteiger partial charge in [0, 0.05) is 25.3 Å². The molecule has 3 aromatic rings. The molecule has 0 radical (unpaired) electrons. The van der Waals surface area contributed by atoms with Gasteiger partial charge < -0.3 is 31.1 Å². The van der Waals surface area contributed by atoms with Gasteiger partial charge in [0.2, 0.25) is 0 Å². The second-order valence-electron chi connectivity index (χ2n) is 7.63. The van der Waals surface area contributed by atoms with Crippen LogP contribution in [0.3, 0.4) is 0 Å². The van der Waals surface area contributed by atoms with Crippen molar-refractivity contribution in [2.24, 2.45) is 5.73 Å². The number of aromatic amines is 1. The number of aromatic nitrogens is 2. The number of benzene rings is 2. The van der Waals surface area contributed by atoms with E-state index >= 15 is 0 Å². The molecule has 2 aromatic carbocycles. The van der Waals surface area contributed by atoms with Crippen molar-refractivity contribution in [2.45, 2.75) is 19.6 Å². The maximum atomic E-state index is 12.1. The third kappa shape index (κ3) is 4.90. The number of nitrogens with two attached hydrogens (primary N) is 1. The van der Waals surface area contributed by atoms with Crippen molar-refractivity contribution in [1.29, 1.82) is 0 Å². The Hall–Kier alpha value is -3.43. The molecule has 1 unspecified atom stereocenters. The molecule has 2 heterocycles. The number of morpholine rings is 1. The zero-order chi connectivity index (χ0) is 22.7. The van der Waals surface area contributed by atoms with Gasteiger partial charge >= 0.3 is 0 Å². The van der Waals surface area contributed by atoms with E-state index in [2.05, 4.69) is 25.7 Å². The highest BCUT2D eigenvalue weighted by molar-refractivity contribution is 6.33. The third-order valence-electron chi connectivity index (χ3n) is 5.21. The summed E-state index contributed by atoms with van der Waals surface area (Å²) in [6.07, 6.45) is 0.147. The monoisotopic (exact) mass is 456 g/mol. The summed E-state index contributed by atoms with van der Waals surface area (Å²) in [7, 11) is 0. The van der Waals surface area contributed by atoms with Crippen LogP contribution < -0.4 is 21.3 Å². The molecule has 0 bridgehead atoms. The van der Waals surface area contributed by atoms with Crippen LogP contribution in [0.2, 0.25) is 5.02 Å².